The molecular weight excluding hydrogens is 338 g/mol. The number of amides is 1. The summed E-state index contributed by atoms with van der Waals surface area (Å²) >= 11 is 0. The van der Waals surface area contributed by atoms with E-state index in [1.807, 2.05) is 18.2 Å². The monoisotopic (exact) mass is 367 g/mol. The second-order valence-electron chi connectivity index (χ2n) is 7.13. The number of aliphatic hydroxyl groups is 1. The molecule has 2 aromatic rings. The molecule has 27 heavy (non-hydrogen) atoms. The van der Waals surface area contributed by atoms with E-state index in [-0.39, 0.29) is 12.5 Å². The van der Waals surface area contributed by atoms with Crippen LogP contribution in [0.3, 0.4) is 0 Å². The Bertz CT molecular complexity index is 763. The molecule has 5 nitrogen and oxygen atoms in total. The summed E-state index contributed by atoms with van der Waals surface area (Å²) in [7, 11) is 0. The van der Waals surface area contributed by atoms with E-state index in [1.165, 1.54) is 5.69 Å². The van der Waals surface area contributed by atoms with E-state index in [0.29, 0.717) is 18.5 Å². The Morgan fingerprint density at radius 1 is 1.15 bits per heavy atom. The van der Waals surface area contributed by atoms with Crippen molar-refractivity contribution in [2.24, 2.45) is 0 Å². The lowest BCUT2D eigenvalue weighted by Gasteiger charge is -2.21. The second-order valence-corrected chi connectivity index (χ2v) is 7.13. The van der Waals surface area contributed by atoms with Gasteiger partial charge in [-0.2, -0.15) is 0 Å². The molecule has 0 saturated carbocycles. The number of nitrogens with zero attached hydrogens (tertiary/aromatic N) is 1. The number of carbonyl (C=O) groups is 1. The maximum absolute atomic E-state index is 12.5. The molecule has 0 aromatic heterocycles. The second kappa shape index (κ2) is 8.55. The molecule has 5 heteroatoms. The van der Waals surface area contributed by atoms with E-state index < -0.39 is 5.60 Å². The zero-order valence-electron chi connectivity index (χ0n) is 16.2. The Kier molecular flexibility index (Phi) is 6.14. The normalized spacial score (nSPS) is 19.1. The van der Waals surface area contributed by atoms with Crippen molar-refractivity contribution in [1.29, 1.82) is 0 Å². The minimum Gasteiger partial charge on any atom is -0.387 e. The molecular formula is C22H29N3O2. The predicted octanol–water partition coefficient (Wildman–Crippen LogP) is 2.65. The van der Waals surface area contributed by atoms with Crippen molar-refractivity contribution in [2.45, 2.75) is 25.9 Å². The highest BCUT2D eigenvalue weighted by Gasteiger charge is 2.31. The lowest BCUT2D eigenvalue weighted by molar-refractivity contribution is 0.0562. The first-order chi connectivity index (χ1) is 13.0. The van der Waals surface area contributed by atoms with E-state index in [9.17, 15) is 9.90 Å². The molecule has 3 N–H and O–H groups in total. The fourth-order valence-corrected chi connectivity index (χ4v) is 3.52. The Hall–Kier alpha value is -2.37. The molecule has 0 aliphatic carbocycles. The minimum absolute atomic E-state index is 0.156. The first-order valence-electron chi connectivity index (χ1n) is 9.71. The van der Waals surface area contributed by atoms with Gasteiger partial charge >= 0.3 is 0 Å². The number of anilines is 1. The molecule has 1 aliphatic rings. The van der Waals surface area contributed by atoms with Crippen LogP contribution in [-0.2, 0) is 0 Å². The third-order valence-electron chi connectivity index (χ3n) is 5.25. The Balaban J connectivity index is 1.70. The summed E-state index contributed by atoms with van der Waals surface area (Å²) in [5.74, 6) is -0.156. The molecule has 1 heterocycles. The Morgan fingerprint density at radius 2 is 1.89 bits per heavy atom. The third kappa shape index (κ3) is 4.67. The number of hydrogen-bond acceptors (Lipinski definition) is 4. The van der Waals surface area contributed by atoms with Crippen LogP contribution in [-0.4, -0.2) is 49.3 Å². The molecule has 1 saturated heterocycles. The summed E-state index contributed by atoms with van der Waals surface area (Å²) in [5, 5.41) is 16.3. The van der Waals surface area contributed by atoms with E-state index in [2.05, 4.69) is 53.6 Å². The van der Waals surface area contributed by atoms with Gasteiger partial charge in [-0.25, -0.2) is 0 Å². The van der Waals surface area contributed by atoms with Crippen molar-refractivity contribution in [3.63, 3.8) is 0 Å². The van der Waals surface area contributed by atoms with Gasteiger partial charge in [0.2, 0.25) is 0 Å². The molecule has 1 aliphatic heterocycles. The SMILES string of the molecule is CCN(CC)c1ccc(-c2cccc(C(=O)NC[C@@]3(O)CCNC3)c2)cc1. The number of carbonyl (C=O) groups excluding carboxylic acids is 1. The smallest absolute Gasteiger partial charge is 0.251 e. The number of β-amino-alcohol motifs (C(OH)–C–C–N with tert-alkyl or cyclic N) is 1. The number of nitrogens with one attached hydrogen (secondary N) is 2. The minimum atomic E-state index is -0.840. The predicted molar refractivity (Wildman–Crippen MR) is 110 cm³/mol. The zero-order chi connectivity index (χ0) is 19.3. The zero-order valence-corrected chi connectivity index (χ0v) is 16.2. The molecule has 1 atom stereocenters. The first-order valence-corrected chi connectivity index (χ1v) is 9.71. The van der Waals surface area contributed by atoms with E-state index in [4.69, 9.17) is 0 Å². The fourth-order valence-electron chi connectivity index (χ4n) is 3.52. The molecule has 0 radical (unpaired) electrons. The number of rotatable bonds is 7. The summed E-state index contributed by atoms with van der Waals surface area (Å²) < 4.78 is 0. The first kappa shape index (κ1) is 19.4. The molecule has 144 valence electrons. The van der Waals surface area contributed by atoms with Crippen molar-refractivity contribution in [1.82, 2.24) is 10.6 Å². The molecule has 0 bridgehead atoms. The van der Waals surface area contributed by atoms with Crippen LogP contribution in [0.15, 0.2) is 48.5 Å². The van der Waals surface area contributed by atoms with E-state index in [1.54, 1.807) is 6.07 Å². The molecule has 0 spiro atoms. The molecule has 1 fully saturated rings. The van der Waals surface area contributed by atoms with Gasteiger partial charge in [-0.3, -0.25) is 4.79 Å². The van der Waals surface area contributed by atoms with Crippen molar-refractivity contribution in [2.75, 3.05) is 37.6 Å². The van der Waals surface area contributed by atoms with Gasteiger partial charge in [-0.1, -0.05) is 24.3 Å². The van der Waals surface area contributed by atoms with Crippen LogP contribution >= 0.6 is 0 Å². The van der Waals surface area contributed by atoms with Gasteiger partial charge in [-0.05, 0) is 62.2 Å². The largest absolute Gasteiger partial charge is 0.387 e. The fraction of sp³-hybridized carbons (Fsp3) is 0.409. The summed E-state index contributed by atoms with van der Waals surface area (Å²) in [5.41, 5.74) is 3.06. The number of hydrogen-bond donors (Lipinski definition) is 3. The molecule has 0 unspecified atom stereocenters. The Morgan fingerprint density at radius 3 is 2.52 bits per heavy atom. The summed E-state index contributed by atoms with van der Waals surface area (Å²) in [6.07, 6.45) is 0.659. The number of benzene rings is 2. The lowest BCUT2D eigenvalue weighted by atomic mass is 10.0. The van der Waals surface area contributed by atoms with Gasteiger partial charge in [-0.15, -0.1) is 0 Å². The van der Waals surface area contributed by atoms with Crippen LogP contribution < -0.4 is 15.5 Å². The van der Waals surface area contributed by atoms with Crippen molar-refractivity contribution >= 4 is 11.6 Å². The van der Waals surface area contributed by atoms with Crippen LogP contribution in [0.5, 0.6) is 0 Å². The highest BCUT2D eigenvalue weighted by molar-refractivity contribution is 5.95. The van der Waals surface area contributed by atoms with Crippen LogP contribution in [0.25, 0.3) is 11.1 Å². The van der Waals surface area contributed by atoms with Gasteiger partial charge in [0, 0.05) is 37.4 Å². The highest BCUT2D eigenvalue weighted by Crippen LogP contribution is 2.24. The van der Waals surface area contributed by atoms with Gasteiger partial charge in [0.1, 0.15) is 0 Å². The van der Waals surface area contributed by atoms with Crippen LogP contribution in [0.2, 0.25) is 0 Å². The van der Waals surface area contributed by atoms with Gasteiger partial charge in [0.25, 0.3) is 5.91 Å². The van der Waals surface area contributed by atoms with Crippen molar-refractivity contribution in [3.8, 4) is 11.1 Å². The standard InChI is InChI=1S/C22H29N3O2/c1-3-25(4-2)20-10-8-17(9-11-20)18-6-5-7-19(14-18)21(26)24-16-22(27)12-13-23-15-22/h5-11,14,23,27H,3-4,12-13,15-16H2,1-2H3,(H,24,26)/t22-/m1/s1. The molecule has 1 amide bonds. The average molecular weight is 367 g/mol. The van der Waals surface area contributed by atoms with Gasteiger partial charge < -0.3 is 20.6 Å². The summed E-state index contributed by atoms with van der Waals surface area (Å²) in [6.45, 7) is 7.83. The quantitative estimate of drug-likeness (QED) is 0.704. The maximum Gasteiger partial charge on any atom is 0.251 e. The van der Waals surface area contributed by atoms with Gasteiger partial charge in [0.05, 0.1) is 5.60 Å². The van der Waals surface area contributed by atoms with Crippen molar-refractivity contribution < 1.29 is 9.90 Å². The highest BCUT2D eigenvalue weighted by atomic mass is 16.3. The van der Waals surface area contributed by atoms with Crippen molar-refractivity contribution in [3.05, 3.63) is 54.1 Å². The van der Waals surface area contributed by atoms with Crippen LogP contribution in [0.4, 0.5) is 5.69 Å². The van der Waals surface area contributed by atoms with Crippen LogP contribution in [0, 0.1) is 0 Å². The third-order valence-corrected chi connectivity index (χ3v) is 5.25. The molecule has 2 aromatic carbocycles. The lowest BCUT2D eigenvalue weighted by Crippen LogP contribution is -2.44. The summed E-state index contributed by atoms with van der Waals surface area (Å²) in [4.78, 5) is 14.8. The maximum atomic E-state index is 12.5. The Labute approximate surface area is 161 Å². The van der Waals surface area contributed by atoms with E-state index in [0.717, 1.165) is 30.8 Å². The molecule has 3 rings (SSSR count). The topological polar surface area (TPSA) is 64.6 Å². The van der Waals surface area contributed by atoms with Gasteiger partial charge in [0.15, 0.2) is 0 Å². The summed E-state index contributed by atoms with van der Waals surface area (Å²) in [6, 6.07) is 16.1. The average Bonchev–Trinajstić information content (AvgIpc) is 3.14. The van der Waals surface area contributed by atoms with Crippen LogP contribution in [0.1, 0.15) is 30.6 Å². The van der Waals surface area contributed by atoms with E-state index >= 15 is 0 Å².